The van der Waals surface area contributed by atoms with Crippen molar-refractivity contribution in [2.45, 2.75) is 39.5 Å². The number of imide groups is 1. The summed E-state index contributed by atoms with van der Waals surface area (Å²) >= 11 is 0. The Hall–Kier alpha value is -3.48. The Labute approximate surface area is 198 Å². The van der Waals surface area contributed by atoms with E-state index < -0.39 is 11.9 Å². The molecule has 0 spiro atoms. The third-order valence-electron chi connectivity index (χ3n) is 7.25. The van der Waals surface area contributed by atoms with Gasteiger partial charge < -0.3 is 9.64 Å². The highest BCUT2D eigenvalue weighted by atomic mass is 16.5. The summed E-state index contributed by atoms with van der Waals surface area (Å²) < 4.78 is 5.59. The molecule has 2 heterocycles. The van der Waals surface area contributed by atoms with Crippen LogP contribution in [-0.4, -0.2) is 30.2 Å². The minimum Gasteiger partial charge on any atom is -0.426 e. The van der Waals surface area contributed by atoms with Gasteiger partial charge >= 0.3 is 5.97 Å². The average molecular weight is 461 g/mol. The zero-order valence-corrected chi connectivity index (χ0v) is 19.4. The Morgan fingerprint density at radius 2 is 1.68 bits per heavy atom. The molecule has 0 aromatic heterocycles. The highest BCUT2D eigenvalue weighted by molar-refractivity contribution is 6.22. The van der Waals surface area contributed by atoms with Crippen LogP contribution in [0, 0.1) is 30.6 Å². The Kier molecular flexibility index (Phi) is 5.71. The maximum Gasteiger partial charge on any atom is 0.316 e. The summed E-state index contributed by atoms with van der Waals surface area (Å²) in [6, 6.07) is 14.1. The molecule has 1 saturated carbocycles. The fourth-order valence-electron chi connectivity index (χ4n) is 5.44. The molecule has 3 aliphatic rings. The smallest absolute Gasteiger partial charge is 0.316 e. The van der Waals surface area contributed by atoms with Gasteiger partial charge in [-0.15, -0.1) is 0 Å². The molecule has 2 saturated heterocycles. The molecule has 1 aliphatic carbocycles. The van der Waals surface area contributed by atoms with Crippen molar-refractivity contribution in [2.75, 3.05) is 16.3 Å². The summed E-state index contributed by atoms with van der Waals surface area (Å²) in [4.78, 5) is 54.3. The van der Waals surface area contributed by atoms with Gasteiger partial charge in [-0.2, -0.15) is 0 Å². The zero-order chi connectivity index (χ0) is 24.0. The Morgan fingerprint density at radius 1 is 0.941 bits per heavy atom. The quantitative estimate of drug-likeness (QED) is 0.393. The Bertz CT molecular complexity index is 1180. The zero-order valence-electron chi connectivity index (χ0n) is 19.4. The third-order valence-corrected chi connectivity index (χ3v) is 7.25. The van der Waals surface area contributed by atoms with Crippen molar-refractivity contribution in [3.05, 3.63) is 54.1 Å². The van der Waals surface area contributed by atoms with Gasteiger partial charge in [-0.05, 0) is 61.9 Å². The number of esters is 1. The number of anilines is 2. The van der Waals surface area contributed by atoms with Gasteiger partial charge in [0, 0.05) is 24.7 Å². The highest BCUT2D eigenvalue weighted by Gasteiger charge is 2.50. The van der Waals surface area contributed by atoms with Gasteiger partial charge in [0.2, 0.25) is 17.7 Å². The predicted octanol–water partition coefficient (Wildman–Crippen LogP) is 3.88. The number of benzene rings is 2. The van der Waals surface area contributed by atoms with Crippen LogP contribution in [0.1, 0.15) is 38.2 Å². The second-order valence-electron chi connectivity index (χ2n) is 9.81. The van der Waals surface area contributed by atoms with E-state index in [1.54, 1.807) is 29.2 Å². The van der Waals surface area contributed by atoms with Crippen molar-refractivity contribution in [2.24, 2.45) is 23.7 Å². The summed E-state index contributed by atoms with van der Waals surface area (Å²) in [6.45, 7) is 4.32. The van der Waals surface area contributed by atoms with Crippen molar-refractivity contribution < 1.29 is 23.9 Å². The lowest BCUT2D eigenvalue weighted by Crippen LogP contribution is -2.31. The van der Waals surface area contributed by atoms with Gasteiger partial charge in [-0.1, -0.05) is 25.1 Å². The minimum atomic E-state index is -0.587. The number of carbonyl (C=O) groups is 4. The van der Waals surface area contributed by atoms with Crippen LogP contribution in [0.15, 0.2) is 48.5 Å². The van der Waals surface area contributed by atoms with Crippen molar-refractivity contribution in [3.8, 4) is 5.75 Å². The molecule has 2 aromatic carbocycles. The van der Waals surface area contributed by atoms with Gasteiger partial charge in [0.05, 0.1) is 23.4 Å². The maximum atomic E-state index is 13.0. The molecular weight excluding hydrogens is 432 g/mol. The normalized spacial score (nSPS) is 26.7. The van der Waals surface area contributed by atoms with E-state index in [2.05, 4.69) is 6.92 Å². The molecule has 0 bridgehead atoms. The molecule has 0 N–H and O–H groups in total. The average Bonchev–Trinajstić information content (AvgIpc) is 3.31. The van der Waals surface area contributed by atoms with Crippen molar-refractivity contribution >= 4 is 35.1 Å². The molecular formula is C27H28N2O5. The van der Waals surface area contributed by atoms with E-state index in [1.165, 1.54) is 4.90 Å². The number of aryl methyl sites for hydroxylation is 1. The SMILES string of the molecule is Cc1cccc(N2C[C@H](C(=O)Oc3cccc(N4C(=O)[C@H]5C[C@H](C)CC[C@H]5C4=O)c3)CC2=O)c1. The van der Waals surface area contributed by atoms with E-state index in [-0.39, 0.29) is 48.3 Å². The lowest BCUT2D eigenvalue weighted by atomic mass is 9.76. The van der Waals surface area contributed by atoms with E-state index >= 15 is 0 Å². The van der Waals surface area contributed by atoms with Crippen LogP contribution in [0.3, 0.4) is 0 Å². The van der Waals surface area contributed by atoms with Crippen LogP contribution in [-0.2, 0) is 19.2 Å². The standard InChI is InChI=1S/C27H28N2O5/c1-16-5-3-6-19(11-16)28-15-18(13-24(28)30)27(33)34-21-8-4-7-20(14-21)29-25(31)22-10-9-17(2)12-23(22)26(29)32/h3-8,11,14,17-18,22-23H,9-10,12-13,15H2,1-2H3/t17-,18-,22-,23+/m1/s1. The Morgan fingerprint density at radius 3 is 2.47 bits per heavy atom. The molecule has 3 fully saturated rings. The van der Waals surface area contributed by atoms with Gasteiger partial charge in [0.15, 0.2) is 0 Å². The van der Waals surface area contributed by atoms with Crippen molar-refractivity contribution in [3.63, 3.8) is 0 Å². The van der Waals surface area contributed by atoms with Crippen LogP contribution in [0.4, 0.5) is 11.4 Å². The number of nitrogens with zero attached hydrogens (tertiary/aromatic N) is 2. The third kappa shape index (κ3) is 4.00. The monoisotopic (exact) mass is 460 g/mol. The molecule has 7 heteroatoms. The molecule has 0 unspecified atom stereocenters. The number of hydrogen-bond donors (Lipinski definition) is 0. The van der Waals surface area contributed by atoms with Crippen LogP contribution in [0.2, 0.25) is 0 Å². The number of fused-ring (bicyclic) bond motifs is 1. The summed E-state index contributed by atoms with van der Waals surface area (Å²) in [5, 5.41) is 0. The van der Waals surface area contributed by atoms with Gasteiger partial charge in [0.1, 0.15) is 5.75 Å². The first kappa shape index (κ1) is 22.3. The van der Waals surface area contributed by atoms with E-state index in [0.29, 0.717) is 11.6 Å². The lowest BCUT2D eigenvalue weighted by molar-refractivity contribution is -0.139. The number of carbonyl (C=O) groups excluding carboxylic acids is 4. The lowest BCUT2D eigenvalue weighted by Gasteiger charge is -2.25. The fourth-order valence-corrected chi connectivity index (χ4v) is 5.44. The van der Waals surface area contributed by atoms with E-state index in [9.17, 15) is 19.2 Å². The molecule has 7 nitrogen and oxygen atoms in total. The minimum absolute atomic E-state index is 0.0805. The summed E-state index contributed by atoms with van der Waals surface area (Å²) in [5.41, 5.74) is 2.23. The number of hydrogen-bond acceptors (Lipinski definition) is 5. The van der Waals surface area contributed by atoms with Crippen molar-refractivity contribution in [1.29, 1.82) is 0 Å². The summed E-state index contributed by atoms with van der Waals surface area (Å²) in [7, 11) is 0. The first-order valence-corrected chi connectivity index (χ1v) is 11.9. The molecule has 0 radical (unpaired) electrons. The van der Waals surface area contributed by atoms with Crippen LogP contribution < -0.4 is 14.5 Å². The van der Waals surface area contributed by atoms with Crippen LogP contribution in [0.5, 0.6) is 5.75 Å². The number of rotatable bonds is 4. The number of ether oxygens (including phenoxy) is 1. The number of amides is 3. The second-order valence-corrected chi connectivity index (χ2v) is 9.81. The maximum absolute atomic E-state index is 13.0. The van der Waals surface area contributed by atoms with E-state index in [1.807, 2.05) is 31.2 Å². The van der Waals surface area contributed by atoms with E-state index in [4.69, 9.17) is 4.74 Å². The summed E-state index contributed by atoms with van der Waals surface area (Å²) in [6.07, 6.45) is 2.49. The van der Waals surface area contributed by atoms with Gasteiger partial charge in [-0.25, -0.2) is 4.90 Å². The van der Waals surface area contributed by atoms with Crippen molar-refractivity contribution in [1.82, 2.24) is 0 Å². The van der Waals surface area contributed by atoms with Gasteiger partial charge in [0.25, 0.3) is 0 Å². The topological polar surface area (TPSA) is 84.0 Å². The largest absolute Gasteiger partial charge is 0.426 e. The molecule has 3 amide bonds. The molecule has 2 aliphatic heterocycles. The second kappa shape index (κ2) is 8.70. The summed E-state index contributed by atoms with van der Waals surface area (Å²) in [5.74, 6) is -1.37. The first-order chi connectivity index (χ1) is 16.3. The molecule has 4 atom stereocenters. The first-order valence-electron chi connectivity index (χ1n) is 11.9. The van der Waals surface area contributed by atoms with Crippen LogP contribution in [0.25, 0.3) is 0 Å². The molecule has 176 valence electrons. The van der Waals surface area contributed by atoms with Gasteiger partial charge in [-0.3, -0.25) is 19.2 Å². The molecule has 34 heavy (non-hydrogen) atoms. The van der Waals surface area contributed by atoms with E-state index in [0.717, 1.165) is 30.5 Å². The molecule has 2 aromatic rings. The highest BCUT2D eigenvalue weighted by Crippen LogP contribution is 2.42. The van der Waals surface area contributed by atoms with Crippen LogP contribution >= 0.6 is 0 Å². The Balaban J connectivity index is 1.29. The molecule has 5 rings (SSSR count). The predicted molar refractivity (Wildman–Crippen MR) is 126 cm³/mol. The fraction of sp³-hybridized carbons (Fsp3) is 0.407.